The molecule has 2 bridgehead atoms. The van der Waals surface area contributed by atoms with E-state index in [4.69, 9.17) is 16.3 Å². The van der Waals surface area contributed by atoms with Crippen molar-refractivity contribution < 1.29 is 23.1 Å². The lowest BCUT2D eigenvalue weighted by Gasteiger charge is -2.44. The van der Waals surface area contributed by atoms with Gasteiger partial charge in [-0.1, -0.05) is 37.4 Å². The maximum absolute atomic E-state index is 13.3. The van der Waals surface area contributed by atoms with Gasteiger partial charge in [0.15, 0.2) is 0 Å². The van der Waals surface area contributed by atoms with Crippen molar-refractivity contribution in [3.8, 4) is 5.75 Å². The number of sulfonamides is 1. The zero-order valence-corrected chi connectivity index (χ0v) is 24.6. The molecule has 0 radical (unpaired) electrons. The summed E-state index contributed by atoms with van der Waals surface area (Å²) in [7, 11) is -3.84. The van der Waals surface area contributed by atoms with Crippen LogP contribution in [0.3, 0.4) is 0 Å². The summed E-state index contributed by atoms with van der Waals surface area (Å²) in [4.78, 5) is 15.6. The minimum Gasteiger partial charge on any atom is -0.490 e. The molecule has 2 heterocycles. The Bertz CT molecular complexity index is 1400. The van der Waals surface area contributed by atoms with E-state index < -0.39 is 21.2 Å². The Hall–Kier alpha value is -2.29. The first kappa shape index (κ1) is 27.9. The number of aryl methyl sites for hydroxylation is 1. The van der Waals surface area contributed by atoms with Gasteiger partial charge in [0.1, 0.15) is 5.75 Å². The lowest BCUT2D eigenvalue weighted by atomic mass is 9.69. The topological polar surface area (TPSA) is 95.9 Å². The van der Waals surface area contributed by atoms with Gasteiger partial charge >= 0.3 is 0 Å². The van der Waals surface area contributed by atoms with Crippen LogP contribution in [0.4, 0.5) is 5.69 Å². The molecule has 40 heavy (non-hydrogen) atoms. The molecule has 5 atom stereocenters. The smallest absolute Gasteiger partial charge is 0.264 e. The average Bonchev–Trinajstić information content (AvgIpc) is 3.16. The Morgan fingerprint density at radius 2 is 1.95 bits per heavy atom. The number of fused-ring (bicyclic) bond motifs is 4. The van der Waals surface area contributed by atoms with Crippen LogP contribution in [0.5, 0.6) is 5.75 Å². The second kappa shape index (κ2) is 10.8. The summed E-state index contributed by atoms with van der Waals surface area (Å²) in [5.74, 6) is 0.661. The summed E-state index contributed by atoms with van der Waals surface area (Å²) in [6.45, 7) is 3.82. The number of carbonyl (C=O) groups is 1. The number of aliphatic hydroxyl groups is 1. The number of aliphatic hydroxyl groups excluding tert-OH is 1. The number of anilines is 1. The van der Waals surface area contributed by atoms with Crippen molar-refractivity contribution in [2.45, 2.75) is 81.5 Å². The summed E-state index contributed by atoms with van der Waals surface area (Å²) < 4.78 is 35.1. The highest BCUT2D eigenvalue weighted by atomic mass is 35.5. The van der Waals surface area contributed by atoms with E-state index in [9.17, 15) is 18.3 Å². The van der Waals surface area contributed by atoms with Gasteiger partial charge in [0.2, 0.25) is 10.0 Å². The third kappa shape index (κ3) is 5.12. The molecule has 2 aromatic rings. The molecule has 2 aromatic carbocycles. The van der Waals surface area contributed by atoms with Crippen molar-refractivity contribution >= 4 is 33.2 Å². The van der Waals surface area contributed by atoms with E-state index in [1.54, 1.807) is 18.2 Å². The van der Waals surface area contributed by atoms with Crippen LogP contribution in [-0.4, -0.2) is 50.5 Å². The molecule has 2 N–H and O–H groups in total. The van der Waals surface area contributed by atoms with E-state index in [-0.39, 0.29) is 17.4 Å². The van der Waals surface area contributed by atoms with E-state index in [1.165, 1.54) is 11.1 Å². The average molecular weight is 587 g/mol. The monoisotopic (exact) mass is 586 g/mol. The zero-order valence-electron chi connectivity index (χ0n) is 23.1. The van der Waals surface area contributed by atoms with Crippen LogP contribution in [0.15, 0.2) is 36.4 Å². The Labute approximate surface area is 242 Å². The van der Waals surface area contributed by atoms with E-state index in [2.05, 4.69) is 21.8 Å². The van der Waals surface area contributed by atoms with Crippen LogP contribution in [0.1, 0.15) is 79.8 Å². The second-order valence-corrected chi connectivity index (χ2v) is 14.7. The van der Waals surface area contributed by atoms with Crippen molar-refractivity contribution in [2.75, 3.05) is 24.6 Å². The molecule has 0 saturated heterocycles. The predicted molar refractivity (Wildman–Crippen MR) is 157 cm³/mol. The summed E-state index contributed by atoms with van der Waals surface area (Å²) in [6.07, 6.45) is 6.59. The number of hydrogen-bond acceptors (Lipinski definition) is 6. The third-order valence-electron chi connectivity index (χ3n) is 9.90. The third-order valence-corrected chi connectivity index (χ3v) is 12.1. The number of benzene rings is 2. The Kier molecular flexibility index (Phi) is 7.55. The molecule has 1 spiro atoms. The van der Waals surface area contributed by atoms with E-state index in [0.29, 0.717) is 49.5 Å². The van der Waals surface area contributed by atoms with Crippen LogP contribution in [0, 0.1) is 11.8 Å². The minimum atomic E-state index is -3.84. The molecule has 1 amide bonds. The number of rotatable bonds is 1. The number of nitrogens with zero attached hydrogens (tertiary/aromatic N) is 1. The van der Waals surface area contributed by atoms with Gasteiger partial charge in [-0.05, 0) is 98.2 Å². The fourth-order valence-corrected chi connectivity index (χ4v) is 9.07. The number of carbonyl (C=O) groups excluding carboxylic acids is 1. The Balaban J connectivity index is 1.39. The maximum Gasteiger partial charge on any atom is 0.264 e. The number of ether oxygens (including phenoxy) is 1. The zero-order chi connectivity index (χ0) is 28.1. The standard InChI is InChI=1S/C31H39ClN2O5S/c1-2-24-5-3-4-6-28(35)25-10-7-22(25)17-34-18-31(14-13-20-15-23(32)9-11-26(20)31)19-39-29-12-8-21(16-27(29)34)30(36)33-40(24,37)38/h8-9,11-12,15-16,22,24-25,28,35H,2-7,10,13-14,17-19H2,1H3,(H,33,36)/t22-,24?,25+,28?,31-/m0/s1. The minimum absolute atomic E-state index is 0.224. The quantitative estimate of drug-likeness (QED) is 0.475. The van der Waals surface area contributed by atoms with E-state index in [1.807, 2.05) is 13.0 Å². The molecular formula is C31H39ClN2O5S. The fraction of sp³-hybridized carbons (Fsp3) is 0.581. The van der Waals surface area contributed by atoms with Crippen molar-refractivity contribution in [1.29, 1.82) is 0 Å². The molecule has 9 heteroatoms. The number of amides is 1. The molecule has 1 saturated carbocycles. The second-order valence-electron chi connectivity index (χ2n) is 12.3. The van der Waals surface area contributed by atoms with Gasteiger partial charge in [-0.25, -0.2) is 13.1 Å². The summed E-state index contributed by atoms with van der Waals surface area (Å²) >= 11 is 6.33. The molecule has 2 unspecified atom stereocenters. The van der Waals surface area contributed by atoms with Crippen LogP contribution in [0.2, 0.25) is 5.02 Å². The SMILES string of the molecule is CCC1CCCCC(O)[C@@H]2CC[C@H]2CN2C[C@@]3(CCc4cc(Cl)ccc43)COc3ccc(cc32)C(=O)NS1(=O)=O. The molecular weight excluding hydrogens is 548 g/mol. The predicted octanol–water partition coefficient (Wildman–Crippen LogP) is 5.22. The molecule has 4 aliphatic rings. The maximum atomic E-state index is 13.3. The van der Waals surface area contributed by atoms with Crippen molar-refractivity contribution in [1.82, 2.24) is 4.72 Å². The highest BCUT2D eigenvalue weighted by Crippen LogP contribution is 2.47. The van der Waals surface area contributed by atoms with Crippen LogP contribution in [0.25, 0.3) is 0 Å². The molecule has 0 aromatic heterocycles. The van der Waals surface area contributed by atoms with Gasteiger partial charge in [-0.15, -0.1) is 0 Å². The normalized spacial score (nSPS) is 31.8. The summed E-state index contributed by atoms with van der Waals surface area (Å²) in [5, 5.41) is 11.2. The van der Waals surface area contributed by atoms with E-state index in [0.717, 1.165) is 55.9 Å². The first-order valence-corrected chi connectivity index (χ1v) is 16.7. The van der Waals surface area contributed by atoms with Crippen LogP contribution < -0.4 is 14.4 Å². The fourth-order valence-electron chi connectivity index (χ4n) is 7.41. The van der Waals surface area contributed by atoms with Crippen LogP contribution >= 0.6 is 11.6 Å². The number of halogens is 1. The lowest BCUT2D eigenvalue weighted by Crippen LogP contribution is -2.48. The molecule has 6 rings (SSSR count). The van der Waals surface area contributed by atoms with Gasteiger partial charge in [0, 0.05) is 29.1 Å². The van der Waals surface area contributed by atoms with Crippen molar-refractivity contribution in [3.05, 3.63) is 58.1 Å². The first-order chi connectivity index (χ1) is 19.2. The molecule has 2 aliphatic carbocycles. The Morgan fingerprint density at radius 1 is 1.12 bits per heavy atom. The molecule has 216 valence electrons. The van der Waals surface area contributed by atoms with Gasteiger partial charge in [-0.2, -0.15) is 0 Å². The highest BCUT2D eigenvalue weighted by Gasteiger charge is 2.45. The lowest BCUT2D eigenvalue weighted by molar-refractivity contribution is 0.00909. The first-order valence-electron chi connectivity index (χ1n) is 14.7. The molecule has 2 aliphatic heterocycles. The molecule has 7 nitrogen and oxygen atoms in total. The van der Waals surface area contributed by atoms with Gasteiger partial charge < -0.3 is 14.7 Å². The van der Waals surface area contributed by atoms with Crippen molar-refractivity contribution in [2.24, 2.45) is 11.8 Å². The largest absolute Gasteiger partial charge is 0.490 e. The molecule has 1 fully saturated rings. The number of nitrogens with one attached hydrogen (secondary N) is 1. The van der Waals surface area contributed by atoms with E-state index >= 15 is 0 Å². The Morgan fingerprint density at radius 3 is 2.73 bits per heavy atom. The van der Waals surface area contributed by atoms with Gasteiger partial charge in [0.25, 0.3) is 5.91 Å². The number of hydrogen-bond donors (Lipinski definition) is 2. The highest BCUT2D eigenvalue weighted by molar-refractivity contribution is 7.90. The van der Waals surface area contributed by atoms with Gasteiger partial charge in [0.05, 0.1) is 23.6 Å². The van der Waals surface area contributed by atoms with Crippen molar-refractivity contribution in [3.63, 3.8) is 0 Å². The van der Waals surface area contributed by atoms with Crippen LogP contribution in [-0.2, 0) is 21.9 Å². The summed E-state index contributed by atoms with van der Waals surface area (Å²) in [5.41, 5.74) is 3.40. The van der Waals surface area contributed by atoms with Gasteiger partial charge in [-0.3, -0.25) is 4.79 Å². The summed E-state index contributed by atoms with van der Waals surface area (Å²) in [6, 6.07) is 11.4.